The lowest BCUT2D eigenvalue weighted by Crippen LogP contribution is -2.31. The minimum atomic E-state index is -0.483. The molecule has 1 N–H and O–H groups in total. The zero-order chi connectivity index (χ0) is 10.6. The van der Waals surface area contributed by atoms with Gasteiger partial charge in [0.2, 0.25) is 0 Å². The molecule has 0 bridgehead atoms. The van der Waals surface area contributed by atoms with Gasteiger partial charge in [-0.15, -0.1) is 0 Å². The van der Waals surface area contributed by atoms with Crippen LogP contribution < -0.4 is 5.32 Å². The molecule has 1 atom stereocenters. The third-order valence-corrected chi connectivity index (χ3v) is 1.71. The zero-order valence-electron chi connectivity index (χ0n) is 8.11. The zero-order valence-corrected chi connectivity index (χ0v) is 8.11. The summed E-state index contributed by atoms with van der Waals surface area (Å²) in [5.74, 6) is -0.272. The van der Waals surface area contributed by atoms with Crippen molar-refractivity contribution in [2.45, 2.75) is 19.9 Å². The summed E-state index contributed by atoms with van der Waals surface area (Å²) in [5.41, 5.74) is 1.33. The number of rotatable bonds is 2. The molecule has 1 rings (SSSR count). The number of aromatic nitrogens is 1. The smallest absolute Gasteiger partial charge is 0.253 e. The van der Waals surface area contributed by atoms with Gasteiger partial charge in [-0.2, -0.15) is 5.26 Å². The standard InChI is InChI=1S/C10H11N3O/c1-7-3-4-9(6-12-7)10(14)13-8(2)5-11/h3-4,6,8H,1-2H3,(H,13,14). The molecule has 0 radical (unpaired) electrons. The van der Waals surface area contributed by atoms with Crippen molar-refractivity contribution in [2.75, 3.05) is 0 Å². The van der Waals surface area contributed by atoms with Gasteiger partial charge in [-0.25, -0.2) is 0 Å². The molecular weight excluding hydrogens is 178 g/mol. The van der Waals surface area contributed by atoms with Crippen LogP contribution in [0.5, 0.6) is 0 Å². The maximum Gasteiger partial charge on any atom is 0.253 e. The lowest BCUT2D eigenvalue weighted by Gasteiger charge is -2.05. The fourth-order valence-electron chi connectivity index (χ4n) is 0.914. The van der Waals surface area contributed by atoms with Crippen molar-refractivity contribution in [3.8, 4) is 6.07 Å². The van der Waals surface area contributed by atoms with E-state index in [-0.39, 0.29) is 5.91 Å². The SMILES string of the molecule is Cc1ccc(C(=O)NC(C)C#N)cn1. The Morgan fingerprint density at radius 2 is 2.36 bits per heavy atom. The van der Waals surface area contributed by atoms with Crippen molar-refractivity contribution in [2.24, 2.45) is 0 Å². The fraction of sp³-hybridized carbons (Fsp3) is 0.300. The number of nitrogens with zero attached hydrogens (tertiary/aromatic N) is 2. The Bertz CT molecular complexity index is 364. The van der Waals surface area contributed by atoms with Crippen LogP contribution in [0.25, 0.3) is 0 Å². The van der Waals surface area contributed by atoms with E-state index in [4.69, 9.17) is 5.26 Å². The minimum Gasteiger partial charge on any atom is -0.336 e. The normalized spacial score (nSPS) is 11.5. The molecule has 0 aliphatic heterocycles. The van der Waals surface area contributed by atoms with Gasteiger partial charge < -0.3 is 5.32 Å². The number of hydrogen-bond donors (Lipinski definition) is 1. The quantitative estimate of drug-likeness (QED) is 0.755. The van der Waals surface area contributed by atoms with Crippen LogP contribution in [0.4, 0.5) is 0 Å². The lowest BCUT2D eigenvalue weighted by molar-refractivity contribution is 0.0947. The lowest BCUT2D eigenvalue weighted by atomic mass is 10.2. The Kier molecular flexibility index (Phi) is 3.19. The van der Waals surface area contributed by atoms with Crippen LogP contribution in [0.1, 0.15) is 23.0 Å². The summed E-state index contributed by atoms with van der Waals surface area (Å²) >= 11 is 0. The first-order chi connectivity index (χ1) is 6.63. The molecule has 4 nitrogen and oxygen atoms in total. The molecule has 0 aliphatic rings. The minimum absolute atomic E-state index is 0.272. The molecule has 0 aliphatic carbocycles. The first-order valence-corrected chi connectivity index (χ1v) is 4.26. The van der Waals surface area contributed by atoms with Gasteiger partial charge in [0, 0.05) is 11.9 Å². The van der Waals surface area contributed by atoms with Crippen LogP contribution in [0.2, 0.25) is 0 Å². The van der Waals surface area contributed by atoms with E-state index < -0.39 is 6.04 Å². The van der Waals surface area contributed by atoms with E-state index in [1.54, 1.807) is 19.1 Å². The summed E-state index contributed by atoms with van der Waals surface area (Å²) in [6.07, 6.45) is 1.49. The molecule has 1 amide bonds. The number of nitriles is 1. The van der Waals surface area contributed by atoms with Crippen LogP contribution in [-0.2, 0) is 0 Å². The van der Waals surface area contributed by atoms with Crippen molar-refractivity contribution in [3.63, 3.8) is 0 Å². The Morgan fingerprint density at radius 3 is 2.86 bits per heavy atom. The summed E-state index contributed by atoms with van der Waals surface area (Å²) in [6, 6.07) is 4.88. The molecule has 1 aromatic heterocycles. The van der Waals surface area contributed by atoms with Gasteiger partial charge in [0.15, 0.2) is 0 Å². The summed E-state index contributed by atoms with van der Waals surface area (Å²) in [5, 5.41) is 11.0. The second-order valence-electron chi connectivity index (χ2n) is 3.01. The van der Waals surface area contributed by atoms with Crippen LogP contribution in [0.3, 0.4) is 0 Å². The monoisotopic (exact) mass is 189 g/mol. The van der Waals surface area contributed by atoms with Crippen molar-refractivity contribution < 1.29 is 4.79 Å². The third-order valence-electron chi connectivity index (χ3n) is 1.71. The van der Waals surface area contributed by atoms with Gasteiger partial charge in [0.25, 0.3) is 5.91 Å². The number of hydrogen-bond acceptors (Lipinski definition) is 3. The van der Waals surface area contributed by atoms with Crippen LogP contribution in [0.15, 0.2) is 18.3 Å². The van der Waals surface area contributed by atoms with Gasteiger partial charge in [-0.3, -0.25) is 9.78 Å². The van der Waals surface area contributed by atoms with Crippen molar-refractivity contribution in [3.05, 3.63) is 29.6 Å². The Balaban J connectivity index is 2.71. The highest BCUT2D eigenvalue weighted by atomic mass is 16.1. The van der Waals surface area contributed by atoms with Crippen molar-refractivity contribution in [1.29, 1.82) is 5.26 Å². The van der Waals surface area contributed by atoms with E-state index in [1.807, 2.05) is 13.0 Å². The van der Waals surface area contributed by atoms with Crippen molar-refractivity contribution >= 4 is 5.91 Å². The molecule has 4 heteroatoms. The number of carbonyl (C=O) groups is 1. The van der Waals surface area contributed by atoms with Gasteiger partial charge in [0.05, 0.1) is 11.6 Å². The van der Waals surface area contributed by atoms with Gasteiger partial charge in [0.1, 0.15) is 6.04 Å². The predicted molar refractivity (Wildman–Crippen MR) is 51.5 cm³/mol. The second kappa shape index (κ2) is 4.38. The van der Waals surface area contributed by atoms with Crippen molar-refractivity contribution in [1.82, 2.24) is 10.3 Å². The van der Waals surface area contributed by atoms with Gasteiger partial charge in [-0.1, -0.05) is 0 Å². The molecule has 1 heterocycles. The molecule has 0 saturated heterocycles. The molecule has 72 valence electrons. The van der Waals surface area contributed by atoms with E-state index >= 15 is 0 Å². The largest absolute Gasteiger partial charge is 0.336 e. The molecule has 0 fully saturated rings. The number of amides is 1. The van der Waals surface area contributed by atoms with E-state index in [2.05, 4.69) is 10.3 Å². The molecular formula is C10H11N3O. The number of aryl methyl sites for hydroxylation is 1. The summed E-state index contributed by atoms with van der Waals surface area (Å²) in [4.78, 5) is 15.4. The number of carbonyl (C=O) groups excluding carboxylic acids is 1. The average Bonchev–Trinajstić information content (AvgIpc) is 2.18. The van der Waals surface area contributed by atoms with Crippen LogP contribution in [-0.4, -0.2) is 16.9 Å². The summed E-state index contributed by atoms with van der Waals surface area (Å²) < 4.78 is 0. The second-order valence-corrected chi connectivity index (χ2v) is 3.01. The highest BCUT2D eigenvalue weighted by Crippen LogP contribution is 1.99. The molecule has 1 unspecified atom stereocenters. The highest BCUT2D eigenvalue weighted by molar-refractivity contribution is 5.94. The first-order valence-electron chi connectivity index (χ1n) is 4.26. The summed E-state index contributed by atoms with van der Waals surface area (Å²) in [7, 11) is 0. The van der Waals surface area contributed by atoms with Gasteiger partial charge >= 0.3 is 0 Å². The summed E-state index contributed by atoms with van der Waals surface area (Å²) in [6.45, 7) is 3.47. The fourth-order valence-corrected chi connectivity index (χ4v) is 0.914. The predicted octanol–water partition coefficient (Wildman–Crippen LogP) is 1.03. The third kappa shape index (κ3) is 2.56. The van der Waals surface area contributed by atoms with E-state index in [0.29, 0.717) is 5.56 Å². The van der Waals surface area contributed by atoms with E-state index in [9.17, 15) is 4.79 Å². The maximum absolute atomic E-state index is 11.4. The van der Waals surface area contributed by atoms with Gasteiger partial charge in [-0.05, 0) is 26.0 Å². The maximum atomic E-state index is 11.4. The Labute approximate surface area is 82.6 Å². The van der Waals surface area contributed by atoms with E-state index in [0.717, 1.165) is 5.69 Å². The topological polar surface area (TPSA) is 65.8 Å². The number of nitrogens with one attached hydrogen (secondary N) is 1. The molecule has 14 heavy (non-hydrogen) atoms. The van der Waals surface area contributed by atoms with E-state index in [1.165, 1.54) is 6.20 Å². The highest BCUT2D eigenvalue weighted by Gasteiger charge is 2.08. The first kappa shape index (κ1) is 10.2. The molecule has 1 aromatic rings. The van der Waals surface area contributed by atoms with Crippen LogP contribution in [0, 0.1) is 18.3 Å². The average molecular weight is 189 g/mol. The molecule has 0 saturated carbocycles. The molecule has 0 spiro atoms. The Hall–Kier alpha value is -1.89. The Morgan fingerprint density at radius 1 is 1.64 bits per heavy atom. The number of pyridine rings is 1. The molecule has 0 aromatic carbocycles. The van der Waals surface area contributed by atoms with Crippen LogP contribution >= 0.6 is 0 Å².